The molecule has 0 saturated heterocycles. The minimum atomic E-state index is -0.307. The van der Waals surface area contributed by atoms with Crippen molar-refractivity contribution in [2.75, 3.05) is 5.32 Å². The molecule has 5 nitrogen and oxygen atoms in total. The molecule has 0 amide bonds. The number of aromatic nitrogens is 2. The molecule has 3 rings (SSSR count). The molecule has 0 atom stereocenters. The van der Waals surface area contributed by atoms with Gasteiger partial charge in [-0.1, -0.05) is 28.9 Å². The van der Waals surface area contributed by atoms with Crippen LogP contribution in [-0.2, 0) is 6.54 Å². The number of hydrogen-bond donors (Lipinski definition) is 2. The highest BCUT2D eigenvalue weighted by Crippen LogP contribution is 2.19. The zero-order chi connectivity index (χ0) is 16.9. The van der Waals surface area contributed by atoms with Crippen LogP contribution in [0.2, 0.25) is 5.02 Å². The Morgan fingerprint density at radius 3 is 2.75 bits per heavy atom. The Bertz CT molecular complexity index is 853. The predicted octanol–water partition coefficient (Wildman–Crippen LogP) is 4.02. The van der Waals surface area contributed by atoms with Crippen LogP contribution < -0.4 is 10.6 Å². The Labute approximate surface area is 147 Å². The summed E-state index contributed by atoms with van der Waals surface area (Å²) in [7, 11) is 0. The van der Waals surface area contributed by atoms with Gasteiger partial charge in [0.15, 0.2) is 5.11 Å². The topological polar surface area (TPSA) is 63.0 Å². The standard InChI is InChI=1S/C16H12ClFN4OS/c17-11-3-1-2-10(8-11)15-21-14(23-22-15)9-19-16(24)20-13-6-4-12(18)5-7-13/h1-8H,9H2,(H2,19,20,24). The lowest BCUT2D eigenvalue weighted by Crippen LogP contribution is -2.27. The van der Waals surface area contributed by atoms with Gasteiger partial charge in [-0.15, -0.1) is 0 Å². The van der Waals surface area contributed by atoms with E-state index in [1.165, 1.54) is 12.1 Å². The third kappa shape index (κ3) is 4.27. The van der Waals surface area contributed by atoms with E-state index in [0.29, 0.717) is 27.5 Å². The van der Waals surface area contributed by atoms with Crippen LogP contribution in [0.15, 0.2) is 53.1 Å². The molecule has 24 heavy (non-hydrogen) atoms. The molecule has 0 fully saturated rings. The van der Waals surface area contributed by atoms with E-state index in [1.807, 2.05) is 12.1 Å². The molecular weight excluding hydrogens is 351 g/mol. The number of benzene rings is 2. The molecule has 2 N–H and O–H groups in total. The zero-order valence-corrected chi connectivity index (χ0v) is 13.9. The maximum Gasteiger partial charge on any atom is 0.246 e. The maximum absolute atomic E-state index is 12.8. The van der Waals surface area contributed by atoms with E-state index in [4.69, 9.17) is 28.3 Å². The number of halogens is 2. The molecule has 8 heteroatoms. The highest BCUT2D eigenvalue weighted by Gasteiger charge is 2.09. The maximum atomic E-state index is 12.8. The Morgan fingerprint density at radius 2 is 2.00 bits per heavy atom. The van der Waals surface area contributed by atoms with Crippen LogP contribution in [0, 0.1) is 5.82 Å². The lowest BCUT2D eigenvalue weighted by Gasteiger charge is -2.08. The summed E-state index contributed by atoms with van der Waals surface area (Å²) in [4.78, 5) is 4.28. The van der Waals surface area contributed by atoms with E-state index in [1.54, 1.807) is 24.3 Å². The third-order valence-electron chi connectivity index (χ3n) is 3.05. The van der Waals surface area contributed by atoms with Crippen LogP contribution in [-0.4, -0.2) is 15.3 Å². The van der Waals surface area contributed by atoms with Crippen LogP contribution in [0.5, 0.6) is 0 Å². The van der Waals surface area contributed by atoms with Gasteiger partial charge in [0, 0.05) is 16.3 Å². The summed E-state index contributed by atoms with van der Waals surface area (Å²) in [6.07, 6.45) is 0. The van der Waals surface area contributed by atoms with E-state index >= 15 is 0 Å². The fourth-order valence-corrected chi connectivity index (χ4v) is 2.32. The van der Waals surface area contributed by atoms with Gasteiger partial charge in [-0.3, -0.25) is 0 Å². The molecule has 1 heterocycles. The quantitative estimate of drug-likeness (QED) is 0.684. The number of anilines is 1. The monoisotopic (exact) mass is 362 g/mol. The number of thiocarbonyl (C=S) groups is 1. The van der Waals surface area contributed by atoms with Crippen molar-refractivity contribution in [1.82, 2.24) is 15.5 Å². The molecule has 1 aromatic heterocycles. The summed E-state index contributed by atoms with van der Waals surface area (Å²) in [5.41, 5.74) is 1.45. The normalized spacial score (nSPS) is 10.4. The molecule has 3 aromatic rings. The lowest BCUT2D eigenvalue weighted by molar-refractivity contribution is 0.376. The number of nitrogens with one attached hydrogen (secondary N) is 2. The molecule has 0 bridgehead atoms. The molecule has 122 valence electrons. The van der Waals surface area contributed by atoms with Crippen LogP contribution in [0.4, 0.5) is 10.1 Å². The van der Waals surface area contributed by atoms with Crippen LogP contribution in [0.1, 0.15) is 5.89 Å². The van der Waals surface area contributed by atoms with Crippen molar-refractivity contribution in [2.24, 2.45) is 0 Å². The summed E-state index contributed by atoms with van der Waals surface area (Å²) in [6.45, 7) is 0.264. The summed E-state index contributed by atoms with van der Waals surface area (Å²) in [6, 6.07) is 13.1. The molecule has 0 spiro atoms. The van der Waals surface area contributed by atoms with E-state index in [0.717, 1.165) is 5.56 Å². The van der Waals surface area contributed by atoms with Crippen molar-refractivity contribution in [1.29, 1.82) is 0 Å². The van der Waals surface area contributed by atoms with Gasteiger partial charge in [0.05, 0.1) is 6.54 Å². The Hall–Kier alpha value is -2.51. The van der Waals surface area contributed by atoms with Crippen molar-refractivity contribution in [3.63, 3.8) is 0 Å². The van der Waals surface area contributed by atoms with E-state index in [9.17, 15) is 4.39 Å². The van der Waals surface area contributed by atoms with Gasteiger partial charge in [-0.05, 0) is 48.6 Å². The molecular formula is C16H12ClFN4OS. The first-order valence-corrected chi connectivity index (χ1v) is 7.78. The van der Waals surface area contributed by atoms with Crippen molar-refractivity contribution in [3.8, 4) is 11.4 Å². The first-order chi connectivity index (χ1) is 11.6. The fourth-order valence-electron chi connectivity index (χ4n) is 1.94. The largest absolute Gasteiger partial charge is 0.353 e. The van der Waals surface area contributed by atoms with Crippen molar-refractivity contribution < 1.29 is 8.91 Å². The van der Waals surface area contributed by atoms with Gasteiger partial charge in [-0.25, -0.2) is 4.39 Å². The Balaban J connectivity index is 1.57. The van der Waals surface area contributed by atoms with Crippen molar-refractivity contribution in [3.05, 3.63) is 65.3 Å². The second-order valence-corrected chi connectivity index (χ2v) is 5.68. The Morgan fingerprint density at radius 1 is 1.21 bits per heavy atom. The summed E-state index contributed by atoms with van der Waals surface area (Å²) < 4.78 is 18.0. The van der Waals surface area contributed by atoms with Gasteiger partial charge in [0.25, 0.3) is 0 Å². The highest BCUT2D eigenvalue weighted by molar-refractivity contribution is 7.80. The third-order valence-corrected chi connectivity index (χ3v) is 3.53. The van der Waals surface area contributed by atoms with Crippen LogP contribution >= 0.6 is 23.8 Å². The van der Waals surface area contributed by atoms with E-state index < -0.39 is 0 Å². The fraction of sp³-hybridized carbons (Fsp3) is 0.0625. The lowest BCUT2D eigenvalue weighted by atomic mass is 10.2. The van der Waals surface area contributed by atoms with E-state index in [2.05, 4.69) is 20.8 Å². The molecule has 0 radical (unpaired) electrons. The van der Waals surface area contributed by atoms with Gasteiger partial charge in [0.2, 0.25) is 11.7 Å². The number of rotatable bonds is 4. The Kier molecular flexibility index (Phi) is 5.02. The zero-order valence-electron chi connectivity index (χ0n) is 12.3. The molecule has 0 aliphatic rings. The van der Waals surface area contributed by atoms with E-state index in [-0.39, 0.29) is 12.4 Å². The van der Waals surface area contributed by atoms with Gasteiger partial charge in [0.1, 0.15) is 5.82 Å². The summed E-state index contributed by atoms with van der Waals surface area (Å²) in [5.74, 6) is 0.527. The minimum Gasteiger partial charge on any atom is -0.353 e. The van der Waals surface area contributed by atoms with Crippen LogP contribution in [0.25, 0.3) is 11.4 Å². The minimum absolute atomic E-state index is 0.264. The van der Waals surface area contributed by atoms with Crippen LogP contribution in [0.3, 0.4) is 0 Å². The van der Waals surface area contributed by atoms with Gasteiger partial charge in [-0.2, -0.15) is 4.98 Å². The van der Waals surface area contributed by atoms with Gasteiger partial charge >= 0.3 is 0 Å². The average molecular weight is 363 g/mol. The predicted molar refractivity (Wildman–Crippen MR) is 94.2 cm³/mol. The first-order valence-electron chi connectivity index (χ1n) is 6.99. The van der Waals surface area contributed by atoms with Crippen molar-refractivity contribution >= 4 is 34.6 Å². The second-order valence-electron chi connectivity index (χ2n) is 4.84. The average Bonchev–Trinajstić information content (AvgIpc) is 3.04. The number of hydrogen-bond acceptors (Lipinski definition) is 4. The summed E-state index contributed by atoms with van der Waals surface area (Å²) >= 11 is 11.1. The first kappa shape index (κ1) is 16.4. The van der Waals surface area contributed by atoms with Gasteiger partial charge < -0.3 is 15.2 Å². The molecule has 0 aliphatic carbocycles. The number of nitrogens with zero attached hydrogens (tertiary/aromatic N) is 2. The molecule has 0 aliphatic heterocycles. The summed E-state index contributed by atoms with van der Waals surface area (Å²) in [5, 5.41) is 10.7. The molecule has 0 saturated carbocycles. The molecule has 2 aromatic carbocycles. The second kappa shape index (κ2) is 7.37. The van der Waals surface area contributed by atoms with Crippen molar-refractivity contribution in [2.45, 2.75) is 6.54 Å². The SMILES string of the molecule is Fc1ccc(NC(=S)NCc2nc(-c3cccc(Cl)c3)no2)cc1. The highest BCUT2D eigenvalue weighted by atomic mass is 35.5. The smallest absolute Gasteiger partial charge is 0.246 e. The molecule has 0 unspecified atom stereocenters.